The van der Waals surface area contributed by atoms with Gasteiger partial charge in [-0.1, -0.05) is 17.8 Å². The van der Waals surface area contributed by atoms with Crippen LogP contribution in [0.2, 0.25) is 0 Å². The number of carbonyl (C=O) groups is 1. The van der Waals surface area contributed by atoms with Gasteiger partial charge in [-0.2, -0.15) is 0 Å². The second kappa shape index (κ2) is 8.24. The molecule has 2 heterocycles. The molecular weight excluding hydrogens is 392 g/mol. The summed E-state index contributed by atoms with van der Waals surface area (Å²) in [6.45, 7) is 5.08. The lowest BCUT2D eigenvalue weighted by molar-refractivity contribution is -0.115. The highest BCUT2D eigenvalue weighted by atomic mass is 32.2. The number of thiazole rings is 1. The van der Waals surface area contributed by atoms with Gasteiger partial charge in [0.25, 0.3) is 0 Å². The second-order valence-corrected chi connectivity index (χ2v) is 8.72. The van der Waals surface area contributed by atoms with Gasteiger partial charge in [-0.05, 0) is 55.3 Å². The van der Waals surface area contributed by atoms with E-state index in [-0.39, 0.29) is 12.3 Å². The van der Waals surface area contributed by atoms with Crippen LogP contribution in [0.5, 0.6) is 11.5 Å². The van der Waals surface area contributed by atoms with Crippen LogP contribution in [0.25, 0.3) is 0 Å². The standard InChI is InChI=1S/C21H20N2O3S2/c1-13-9-16(28-21-22-14(2)12-27-21)4-5-17(13)23-20(24)11-15-3-6-18-19(10-15)26-8-7-25-18/h3-6,9-10,12H,7-8,11H2,1-2H3,(H,23,24). The number of carbonyl (C=O) groups excluding carboxylic acids is 1. The van der Waals surface area contributed by atoms with Crippen LogP contribution in [0.15, 0.2) is 51.0 Å². The SMILES string of the molecule is Cc1csc(Sc2ccc(NC(=O)Cc3ccc4c(c3)OCCO4)c(C)c2)n1. The molecule has 1 aliphatic rings. The smallest absolute Gasteiger partial charge is 0.228 e. The topological polar surface area (TPSA) is 60.5 Å². The number of fused-ring (bicyclic) bond motifs is 1. The maximum atomic E-state index is 12.5. The van der Waals surface area contributed by atoms with Gasteiger partial charge < -0.3 is 14.8 Å². The van der Waals surface area contributed by atoms with Crippen molar-refractivity contribution in [2.24, 2.45) is 0 Å². The van der Waals surface area contributed by atoms with Crippen molar-refractivity contribution in [2.75, 3.05) is 18.5 Å². The Morgan fingerprint density at radius 1 is 1.14 bits per heavy atom. The van der Waals surface area contributed by atoms with Gasteiger partial charge in [0, 0.05) is 21.7 Å². The van der Waals surface area contributed by atoms with Crippen molar-refractivity contribution in [1.29, 1.82) is 0 Å². The number of rotatable bonds is 5. The molecule has 1 aromatic heterocycles. The second-order valence-electron chi connectivity index (χ2n) is 6.54. The molecule has 0 spiro atoms. The van der Waals surface area contributed by atoms with Crippen molar-refractivity contribution >= 4 is 34.7 Å². The predicted octanol–water partition coefficient (Wildman–Crippen LogP) is 4.86. The summed E-state index contributed by atoms with van der Waals surface area (Å²) in [5.41, 5.74) is 3.77. The Morgan fingerprint density at radius 2 is 1.96 bits per heavy atom. The molecule has 1 N–H and O–H groups in total. The van der Waals surface area contributed by atoms with Gasteiger partial charge in [0.05, 0.1) is 6.42 Å². The van der Waals surface area contributed by atoms with E-state index in [9.17, 15) is 4.79 Å². The van der Waals surface area contributed by atoms with Gasteiger partial charge in [-0.25, -0.2) is 4.98 Å². The number of ether oxygens (including phenoxy) is 2. The molecule has 4 rings (SSSR count). The van der Waals surface area contributed by atoms with Crippen molar-refractivity contribution in [3.05, 3.63) is 58.6 Å². The maximum absolute atomic E-state index is 12.5. The van der Waals surface area contributed by atoms with Crippen molar-refractivity contribution in [1.82, 2.24) is 4.98 Å². The lowest BCUT2D eigenvalue weighted by Gasteiger charge is -2.18. The van der Waals surface area contributed by atoms with E-state index in [1.165, 1.54) is 0 Å². The molecule has 0 fully saturated rings. The van der Waals surface area contributed by atoms with Crippen molar-refractivity contribution in [2.45, 2.75) is 29.5 Å². The summed E-state index contributed by atoms with van der Waals surface area (Å²) in [7, 11) is 0. The van der Waals surface area contributed by atoms with Crippen LogP contribution in [-0.2, 0) is 11.2 Å². The van der Waals surface area contributed by atoms with E-state index in [1.807, 2.05) is 49.6 Å². The highest BCUT2D eigenvalue weighted by molar-refractivity contribution is 8.01. The highest BCUT2D eigenvalue weighted by Crippen LogP contribution is 2.33. The first-order valence-corrected chi connectivity index (χ1v) is 10.7. The molecule has 0 saturated carbocycles. The van der Waals surface area contributed by atoms with Gasteiger partial charge in [-0.15, -0.1) is 11.3 Å². The van der Waals surface area contributed by atoms with Gasteiger partial charge in [0.2, 0.25) is 5.91 Å². The number of hydrogen-bond donors (Lipinski definition) is 1. The normalized spacial score (nSPS) is 12.6. The van der Waals surface area contributed by atoms with E-state index < -0.39 is 0 Å². The zero-order valence-electron chi connectivity index (χ0n) is 15.7. The molecule has 0 saturated heterocycles. The number of aryl methyl sites for hydroxylation is 2. The van der Waals surface area contributed by atoms with Gasteiger partial charge >= 0.3 is 0 Å². The molecule has 3 aromatic rings. The summed E-state index contributed by atoms with van der Waals surface area (Å²) in [4.78, 5) is 18.1. The number of aromatic nitrogens is 1. The zero-order chi connectivity index (χ0) is 19.5. The number of hydrogen-bond acceptors (Lipinski definition) is 6. The molecule has 0 aliphatic carbocycles. The number of nitrogens with one attached hydrogen (secondary N) is 1. The third kappa shape index (κ3) is 4.48. The largest absolute Gasteiger partial charge is 0.486 e. The number of benzene rings is 2. The van der Waals surface area contributed by atoms with Gasteiger partial charge in [0.1, 0.15) is 13.2 Å². The molecule has 0 atom stereocenters. The molecule has 1 aliphatic heterocycles. The molecular formula is C21H20N2O3S2. The van der Waals surface area contributed by atoms with E-state index in [4.69, 9.17) is 9.47 Å². The summed E-state index contributed by atoms with van der Waals surface area (Å²) in [5, 5.41) is 5.04. The number of anilines is 1. The molecule has 0 radical (unpaired) electrons. The Kier molecular flexibility index (Phi) is 5.54. The van der Waals surface area contributed by atoms with Gasteiger partial charge in [-0.3, -0.25) is 4.79 Å². The third-order valence-electron chi connectivity index (χ3n) is 4.25. The lowest BCUT2D eigenvalue weighted by atomic mass is 10.1. The Morgan fingerprint density at radius 3 is 2.71 bits per heavy atom. The van der Waals surface area contributed by atoms with E-state index in [2.05, 4.69) is 16.4 Å². The number of amides is 1. The van der Waals surface area contributed by atoms with Crippen molar-refractivity contribution < 1.29 is 14.3 Å². The van der Waals surface area contributed by atoms with Crippen LogP contribution in [0.3, 0.4) is 0 Å². The van der Waals surface area contributed by atoms with E-state index in [0.29, 0.717) is 19.0 Å². The molecule has 2 aromatic carbocycles. The predicted molar refractivity (Wildman–Crippen MR) is 112 cm³/mol. The molecule has 7 heteroatoms. The van der Waals surface area contributed by atoms with E-state index in [1.54, 1.807) is 23.1 Å². The minimum absolute atomic E-state index is 0.0595. The van der Waals surface area contributed by atoms with Crippen LogP contribution in [0.4, 0.5) is 5.69 Å². The summed E-state index contributed by atoms with van der Waals surface area (Å²) in [6, 6.07) is 11.6. The highest BCUT2D eigenvalue weighted by Gasteiger charge is 2.14. The van der Waals surface area contributed by atoms with Crippen LogP contribution in [0.1, 0.15) is 16.8 Å². The quantitative estimate of drug-likeness (QED) is 0.648. The summed E-state index contributed by atoms with van der Waals surface area (Å²) in [6.07, 6.45) is 0.283. The molecule has 28 heavy (non-hydrogen) atoms. The van der Waals surface area contributed by atoms with Crippen molar-refractivity contribution in [3.63, 3.8) is 0 Å². The molecule has 144 valence electrons. The molecule has 0 unspecified atom stereocenters. The van der Waals surface area contributed by atoms with Crippen LogP contribution in [-0.4, -0.2) is 24.1 Å². The minimum atomic E-state index is -0.0595. The average molecular weight is 413 g/mol. The number of nitrogens with zero attached hydrogens (tertiary/aromatic N) is 1. The summed E-state index contributed by atoms with van der Waals surface area (Å²) >= 11 is 3.27. The Labute approximate surface area is 172 Å². The maximum Gasteiger partial charge on any atom is 0.228 e. The third-order valence-corrected chi connectivity index (χ3v) is 6.29. The van der Waals surface area contributed by atoms with E-state index >= 15 is 0 Å². The fraction of sp³-hybridized carbons (Fsp3) is 0.238. The fourth-order valence-electron chi connectivity index (χ4n) is 2.90. The molecule has 5 nitrogen and oxygen atoms in total. The average Bonchev–Trinajstić information content (AvgIpc) is 3.08. The first-order chi connectivity index (χ1) is 13.6. The fourth-order valence-corrected chi connectivity index (χ4v) is 4.81. The molecule has 0 bridgehead atoms. The summed E-state index contributed by atoms with van der Waals surface area (Å²) in [5.74, 6) is 1.37. The zero-order valence-corrected chi connectivity index (χ0v) is 17.3. The first kappa shape index (κ1) is 18.8. The first-order valence-electron chi connectivity index (χ1n) is 8.96. The van der Waals surface area contributed by atoms with Crippen molar-refractivity contribution in [3.8, 4) is 11.5 Å². The van der Waals surface area contributed by atoms with E-state index in [0.717, 1.165) is 37.5 Å². The Bertz CT molecular complexity index is 1020. The summed E-state index contributed by atoms with van der Waals surface area (Å²) < 4.78 is 12.1. The van der Waals surface area contributed by atoms with Gasteiger partial charge in [0.15, 0.2) is 15.8 Å². The Balaban J connectivity index is 1.40. The minimum Gasteiger partial charge on any atom is -0.486 e. The Hall–Kier alpha value is -2.51. The monoisotopic (exact) mass is 412 g/mol. The molecule has 1 amide bonds. The van der Waals surface area contributed by atoms with Crippen LogP contribution >= 0.6 is 23.1 Å². The van der Waals surface area contributed by atoms with Crippen LogP contribution in [0, 0.1) is 13.8 Å². The van der Waals surface area contributed by atoms with Crippen LogP contribution < -0.4 is 14.8 Å². The lowest BCUT2D eigenvalue weighted by Crippen LogP contribution is -2.17.